The van der Waals surface area contributed by atoms with Crippen LogP contribution in [0.2, 0.25) is 0 Å². The second-order valence-corrected chi connectivity index (χ2v) is 5.76. The Bertz CT molecular complexity index is 749. The summed E-state index contributed by atoms with van der Waals surface area (Å²) in [5.74, 6) is -0.917. The highest BCUT2D eigenvalue weighted by molar-refractivity contribution is 5.91. The molecule has 1 N–H and O–H groups in total. The summed E-state index contributed by atoms with van der Waals surface area (Å²) in [4.78, 5) is 23.7. The standard InChI is InChI=1S/C20H20N2O3/c1-15(7-8-16-5-3-2-4-6-16)22-19(23)14-25-20(24)18-11-9-17(13-21)10-12-18/h2-6,9-12,15H,7-8,14H2,1H3,(H,22,23)/t15-/m1/s1. The molecule has 1 amide bonds. The summed E-state index contributed by atoms with van der Waals surface area (Å²) in [5, 5.41) is 11.5. The molecule has 0 fully saturated rings. The van der Waals surface area contributed by atoms with Crippen LogP contribution in [0, 0.1) is 11.3 Å². The zero-order valence-corrected chi connectivity index (χ0v) is 14.1. The lowest BCUT2D eigenvalue weighted by Crippen LogP contribution is -2.36. The van der Waals surface area contributed by atoms with Crippen LogP contribution in [0.1, 0.15) is 34.8 Å². The number of benzene rings is 2. The minimum atomic E-state index is -0.587. The fourth-order valence-electron chi connectivity index (χ4n) is 2.31. The summed E-state index contributed by atoms with van der Waals surface area (Å²) in [7, 11) is 0. The minimum Gasteiger partial charge on any atom is -0.452 e. The molecular formula is C20H20N2O3. The van der Waals surface area contributed by atoms with Gasteiger partial charge in [0.05, 0.1) is 17.2 Å². The minimum absolute atomic E-state index is 0.0127. The molecule has 0 unspecified atom stereocenters. The fraction of sp³-hybridized carbons (Fsp3) is 0.250. The molecule has 0 spiro atoms. The number of ether oxygens (including phenoxy) is 1. The van der Waals surface area contributed by atoms with E-state index in [4.69, 9.17) is 10.00 Å². The van der Waals surface area contributed by atoms with E-state index in [0.717, 1.165) is 12.8 Å². The van der Waals surface area contributed by atoms with Gasteiger partial charge in [-0.15, -0.1) is 0 Å². The van der Waals surface area contributed by atoms with E-state index in [2.05, 4.69) is 5.32 Å². The summed E-state index contributed by atoms with van der Waals surface area (Å²) >= 11 is 0. The first-order valence-corrected chi connectivity index (χ1v) is 8.09. The van der Waals surface area contributed by atoms with Gasteiger partial charge in [-0.25, -0.2) is 4.79 Å². The van der Waals surface area contributed by atoms with Gasteiger partial charge < -0.3 is 10.1 Å². The average molecular weight is 336 g/mol. The third-order valence-corrected chi connectivity index (χ3v) is 3.70. The molecule has 128 valence electrons. The Morgan fingerprint density at radius 3 is 2.44 bits per heavy atom. The molecule has 0 radical (unpaired) electrons. The van der Waals surface area contributed by atoms with Crippen molar-refractivity contribution >= 4 is 11.9 Å². The van der Waals surface area contributed by atoms with Gasteiger partial charge in [-0.05, 0) is 49.6 Å². The Morgan fingerprint density at radius 2 is 1.80 bits per heavy atom. The summed E-state index contributed by atoms with van der Waals surface area (Å²) < 4.78 is 4.99. The topological polar surface area (TPSA) is 79.2 Å². The molecule has 0 aliphatic heterocycles. The number of carbonyl (C=O) groups excluding carboxylic acids is 2. The summed E-state index contributed by atoms with van der Waals surface area (Å²) in [5.41, 5.74) is 1.99. The molecule has 5 nitrogen and oxygen atoms in total. The first-order valence-electron chi connectivity index (χ1n) is 8.09. The van der Waals surface area contributed by atoms with Crippen molar-refractivity contribution in [2.75, 3.05) is 6.61 Å². The van der Waals surface area contributed by atoms with Crippen molar-refractivity contribution in [1.29, 1.82) is 5.26 Å². The van der Waals surface area contributed by atoms with E-state index in [9.17, 15) is 9.59 Å². The Morgan fingerprint density at radius 1 is 1.12 bits per heavy atom. The maximum atomic E-state index is 11.9. The van der Waals surface area contributed by atoms with Crippen LogP contribution < -0.4 is 5.32 Å². The number of carbonyl (C=O) groups is 2. The van der Waals surface area contributed by atoms with E-state index >= 15 is 0 Å². The largest absolute Gasteiger partial charge is 0.452 e. The van der Waals surface area contributed by atoms with E-state index < -0.39 is 5.97 Å². The molecule has 0 aromatic heterocycles. The second-order valence-electron chi connectivity index (χ2n) is 5.76. The quantitative estimate of drug-likeness (QED) is 0.789. The molecule has 2 aromatic rings. The Kier molecular flexibility index (Phi) is 6.73. The zero-order chi connectivity index (χ0) is 18.1. The summed E-state index contributed by atoms with van der Waals surface area (Å²) in [6.07, 6.45) is 1.67. The molecule has 1 atom stereocenters. The molecule has 2 rings (SSSR count). The smallest absolute Gasteiger partial charge is 0.338 e. The first kappa shape index (κ1) is 18.2. The van der Waals surface area contributed by atoms with E-state index in [1.54, 1.807) is 0 Å². The van der Waals surface area contributed by atoms with Crippen LogP contribution in [0.15, 0.2) is 54.6 Å². The third-order valence-electron chi connectivity index (χ3n) is 3.70. The van der Waals surface area contributed by atoms with Crippen molar-refractivity contribution in [2.24, 2.45) is 0 Å². The summed E-state index contributed by atoms with van der Waals surface area (Å²) in [6, 6.07) is 18.1. The van der Waals surface area contributed by atoms with Gasteiger partial charge in [0.25, 0.3) is 5.91 Å². The Labute approximate surface area is 147 Å². The number of aryl methyl sites for hydroxylation is 1. The highest BCUT2D eigenvalue weighted by Crippen LogP contribution is 2.06. The predicted molar refractivity (Wildman–Crippen MR) is 93.8 cm³/mol. The lowest BCUT2D eigenvalue weighted by Gasteiger charge is -2.14. The SMILES string of the molecule is C[C@H](CCc1ccccc1)NC(=O)COC(=O)c1ccc(C#N)cc1. The average Bonchev–Trinajstić information content (AvgIpc) is 2.65. The predicted octanol–water partition coefficient (Wildman–Crippen LogP) is 2.85. The number of hydrogen-bond acceptors (Lipinski definition) is 4. The Hall–Kier alpha value is -3.13. The van der Waals surface area contributed by atoms with Gasteiger partial charge >= 0.3 is 5.97 Å². The van der Waals surface area contributed by atoms with Gasteiger partial charge in [-0.2, -0.15) is 5.26 Å². The molecule has 5 heteroatoms. The Balaban J connectivity index is 1.72. The molecule has 0 saturated heterocycles. The number of hydrogen-bond donors (Lipinski definition) is 1. The fourth-order valence-corrected chi connectivity index (χ4v) is 2.31. The third kappa shape index (κ3) is 6.11. The van der Waals surface area contributed by atoms with Gasteiger partial charge in [-0.3, -0.25) is 4.79 Å². The maximum absolute atomic E-state index is 11.9. The molecule has 2 aromatic carbocycles. The monoisotopic (exact) mass is 336 g/mol. The second kappa shape index (κ2) is 9.24. The number of nitrogens with one attached hydrogen (secondary N) is 1. The van der Waals surface area contributed by atoms with E-state index in [1.165, 1.54) is 29.8 Å². The lowest BCUT2D eigenvalue weighted by molar-refractivity contribution is -0.124. The van der Waals surface area contributed by atoms with Crippen molar-refractivity contribution in [3.8, 4) is 6.07 Å². The van der Waals surface area contributed by atoms with Crippen LogP contribution in [-0.4, -0.2) is 24.5 Å². The molecule has 0 bridgehead atoms. The lowest BCUT2D eigenvalue weighted by atomic mass is 10.1. The van der Waals surface area contributed by atoms with Gasteiger partial charge in [-0.1, -0.05) is 30.3 Å². The van der Waals surface area contributed by atoms with E-state index in [-0.39, 0.29) is 18.6 Å². The van der Waals surface area contributed by atoms with E-state index in [1.807, 2.05) is 43.3 Å². The van der Waals surface area contributed by atoms with Gasteiger partial charge in [0.1, 0.15) is 0 Å². The number of amides is 1. The van der Waals surface area contributed by atoms with Crippen LogP contribution >= 0.6 is 0 Å². The van der Waals surface area contributed by atoms with Crippen molar-refractivity contribution in [2.45, 2.75) is 25.8 Å². The number of nitrogens with zero attached hydrogens (tertiary/aromatic N) is 1. The van der Waals surface area contributed by atoms with Crippen LogP contribution in [0.3, 0.4) is 0 Å². The first-order chi connectivity index (χ1) is 12.1. The number of nitriles is 1. The van der Waals surface area contributed by atoms with Gasteiger partial charge in [0.2, 0.25) is 0 Å². The van der Waals surface area contributed by atoms with Crippen molar-refractivity contribution in [3.05, 3.63) is 71.3 Å². The van der Waals surface area contributed by atoms with Crippen LogP contribution in [0.5, 0.6) is 0 Å². The molecule has 25 heavy (non-hydrogen) atoms. The highest BCUT2D eigenvalue weighted by atomic mass is 16.5. The summed E-state index contributed by atoms with van der Waals surface area (Å²) in [6.45, 7) is 1.60. The van der Waals surface area contributed by atoms with Gasteiger partial charge in [0.15, 0.2) is 6.61 Å². The zero-order valence-electron chi connectivity index (χ0n) is 14.1. The van der Waals surface area contributed by atoms with Crippen LogP contribution in [0.4, 0.5) is 0 Å². The van der Waals surface area contributed by atoms with Crippen LogP contribution in [0.25, 0.3) is 0 Å². The van der Waals surface area contributed by atoms with Crippen molar-refractivity contribution < 1.29 is 14.3 Å². The highest BCUT2D eigenvalue weighted by Gasteiger charge is 2.12. The van der Waals surface area contributed by atoms with E-state index in [0.29, 0.717) is 11.1 Å². The molecule has 0 aliphatic rings. The molecular weight excluding hydrogens is 316 g/mol. The molecule has 0 heterocycles. The molecule has 0 saturated carbocycles. The maximum Gasteiger partial charge on any atom is 0.338 e. The number of esters is 1. The normalized spacial score (nSPS) is 11.2. The molecule has 0 aliphatic carbocycles. The van der Waals surface area contributed by atoms with Crippen molar-refractivity contribution in [1.82, 2.24) is 5.32 Å². The number of rotatable bonds is 7. The van der Waals surface area contributed by atoms with Gasteiger partial charge in [0, 0.05) is 6.04 Å². The van der Waals surface area contributed by atoms with Crippen molar-refractivity contribution in [3.63, 3.8) is 0 Å². The van der Waals surface area contributed by atoms with Crippen LogP contribution in [-0.2, 0) is 16.0 Å².